The molecule has 0 bridgehead atoms. The number of alkyl halides is 6. The molecule has 4 atom stereocenters. The fourth-order valence-corrected chi connectivity index (χ4v) is 10.1. The summed E-state index contributed by atoms with van der Waals surface area (Å²) in [5, 5.41) is 35.1. The number of allylic oxidation sites excluding steroid dienone is 4. The Balaban J connectivity index is 0.000000211. The van der Waals surface area contributed by atoms with E-state index in [-0.39, 0.29) is 24.0 Å². The highest BCUT2D eigenvalue weighted by Gasteiger charge is 2.34. The number of rotatable bonds is 18. The number of carbonyl (C=O) groups is 2. The molecule has 0 unspecified atom stereocenters. The smallest absolute Gasteiger partial charge is 0.406 e. The van der Waals surface area contributed by atoms with Gasteiger partial charge in [0.1, 0.15) is 55.4 Å². The number of hydrogen-bond donors (Lipinski definition) is 0. The third-order valence-corrected chi connectivity index (χ3v) is 13.4. The molecule has 24 heteroatoms. The highest BCUT2D eigenvalue weighted by Crippen LogP contribution is 2.35. The molecule has 8 rings (SSSR count). The second kappa shape index (κ2) is 24.3. The predicted octanol–water partition coefficient (Wildman–Crippen LogP) is 10.6. The van der Waals surface area contributed by atoms with Crippen LogP contribution >= 0.6 is 22.7 Å². The number of halogens is 8. The number of nitrogens with zero attached hydrogens (tertiary/aromatic N) is 8. The molecule has 0 saturated heterocycles. The number of ether oxygens (including phenoxy) is 4. The molecule has 0 saturated carbocycles. The van der Waals surface area contributed by atoms with Crippen molar-refractivity contribution in [3.8, 4) is 11.5 Å². The minimum atomic E-state index is -4.95. The fraction of sp³-hybridized carbons (Fsp3) is 0.375. The van der Waals surface area contributed by atoms with Crippen molar-refractivity contribution < 1.29 is 63.7 Å². The molecule has 14 nitrogen and oxygen atoms in total. The Hall–Kier alpha value is -6.50. The molecule has 0 radical (unpaired) electrons. The first-order valence-electron chi connectivity index (χ1n) is 22.2. The number of carbonyl (C=O) groups excluding carboxylic acids is 2. The van der Waals surface area contributed by atoms with Crippen molar-refractivity contribution in [1.82, 2.24) is 40.8 Å². The second-order valence-electron chi connectivity index (χ2n) is 16.5. The summed E-state index contributed by atoms with van der Waals surface area (Å²) in [7, 11) is 2.35. The van der Waals surface area contributed by atoms with E-state index in [2.05, 4.69) is 62.4 Å². The van der Waals surface area contributed by atoms with Crippen molar-refractivity contribution in [3.05, 3.63) is 139 Å². The van der Waals surface area contributed by atoms with Crippen LogP contribution in [0.2, 0.25) is 0 Å². The first-order valence-corrected chi connectivity index (χ1v) is 23.8. The molecule has 0 amide bonds. The van der Waals surface area contributed by atoms with Crippen LogP contribution in [0.3, 0.4) is 0 Å². The number of benzene rings is 2. The van der Waals surface area contributed by atoms with E-state index in [9.17, 15) is 44.7 Å². The Bertz CT molecular complexity index is 2660. The predicted molar refractivity (Wildman–Crippen MR) is 245 cm³/mol. The zero-order valence-electron chi connectivity index (χ0n) is 38.3. The minimum absolute atomic E-state index is 0.193. The average Bonchev–Trinajstić information content (AvgIpc) is 3.99. The van der Waals surface area contributed by atoms with Crippen molar-refractivity contribution in [2.75, 3.05) is 14.2 Å². The van der Waals surface area contributed by atoms with E-state index in [0.717, 1.165) is 96.3 Å². The van der Waals surface area contributed by atoms with Crippen LogP contribution in [0.25, 0.3) is 11.1 Å². The molecular weight excluding hydrogens is 1000 g/mol. The lowest BCUT2D eigenvalue weighted by atomic mass is 9.86. The molecule has 0 N–H and O–H groups in total. The van der Waals surface area contributed by atoms with Crippen molar-refractivity contribution in [3.63, 3.8) is 0 Å². The van der Waals surface area contributed by atoms with Crippen molar-refractivity contribution in [1.29, 1.82) is 0 Å². The third kappa shape index (κ3) is 15.3. The van der Waals surface area contributed by atoms with E-state index in [1.165, 1.54) is 48.0 Å². The van der Waals surface area contributed by atoms with Crippen molar-refractivity contribution in [2.45, 2.75) is 89.1 Å². The molecular formula is C48H44F8N8O6S2. The highest BCUT2D eigenvalue weighted by atomic mass is 32.1. The lowest BCUT2D eigenvalue weighted by molar-refractivity contribution is -0.275. The quantitative estimate of drug-likeness (QED) is 0.0744. The summed E-state index contributed by atoms with van der Waals surface area (Å²) < 4.78 is 122. The van der Waals surface area contributed by atoms with Crippen LogP contribution in [0.15, 0.2) is 85.2 Å². The number of methoxy groups -OCH3 is 2. The van der Waals surface area contributed by atoms with E-state index in [1.54, 1.807) is 12.4 Å². The minimum Gasteiger partial charge on any atom is -0.406 e. The van der Waals surface area contributed by atoms with E-state index in [4.69, 9.17) is 9.47 Å². The van der Waals surface area contributed by atoms with E-state index >= 15 is 0 Å². The molecule has 4 aromatic heterocycles. The average molecular weight is 1050 g/mol. The van der Waals surface area contributed by atoms with Gasteiger partial charge in [0.2, 0.25) is 0 Å². The van der Waals surface area contributed by atoms with Gasteiger partial charge in [-0.3, -0.25) is 9.59 Å². The van der Waals surface area contributed by atoms with Gasteiger partial charge in [-0.1, -0.05) is 12.2 Å². The van der Waals surface area contributed by atoms with Gasteiger partial charge in [0.05, 0.1) is 24.2 Å². The van der Waals surface area contributed by atoms with Crippen LogP contribution in [0.1, 0.15) is 93.3 Å². The van der Waals surface area contributed by atoms with Gasteiger partial charge >= 0.3 is 12.7 Å². The van der Waals surface area contributed by atoms with E-state index < -0.39 is 59.6 Å². The first-order chi connectivity index (χ1) is 34.4. The SMILES string of the molecule is CO[C@H](C(=O)Cc1nnc(C[C@@H]2CC=C(c3cccnn3)CC2)s1)c1cc(OC(F)(F)F)ccc1F.CO[C@H](C(=O)Cc1nnc(C[C@H]2CC=C(c3cccnn3)CC2)s1)c1cc(OC(F)(F)F)ccc1F. The Labute approximate surface area is 414 Å². The topological polar surface area (TPSA) is 174 Å². The number of Topliss-reactive ketones (excluding diaryl/α,β-unsaturated/α-hetero) is 2. The number of hydrogen-bond acceptors (Lipinski definition) is 16. The van der Waals surface area contributed by atoms with Crippen LogP contribution in [0, 0.1) is 23.5 Å². The molecule has 380 valence electrons. The largest absolute Gasteiger partial charge is 0.573 e. The lowest BCUT2D eigenvalue weighted by Gasteiger charge is -2.20. The molecule has 2 aliphatic carbocycles. The van der Waals surface area contributed by atoms with Crippen molar-refractivity contribution >= 4 is 45.4 Å². The van der Waals surface area contributed by atoms with Crippen LogP contribution in [-0.4, -0.2) is 79.3 Å². The summed E-state index contributed by atoms with van der Waals surface area (Å²) in [6.45, 7) is 0. The molecule has 0 spiro atoms. The highest BCUT2D eigenvalue weighted by molar-refractivity contribution is 7.11. The molecule has 2 aliphatic rings. The number of ketones is 2. The summed E-state index contributed by atoms with van der Waals surface area (Å²) in [4.78, 5) is 25.7. The summed E-state index contributed by atoms with van der Waals surface area (Å²) in [6.07, 6.45) is 1.29. The standard InChI is InChI=1S/2C24H22F4N4O3S/c2*1-34-23(17-12-16(8-9-18(17)25)35-24(26,27)28)20(33)13-22-32-31-21(36-22)11-14-4-6-15(7-5-14)19-3-2-10-29-30-19/h2*2-3,6,8-10,12,14,23H,4-5,7,11,13H2,1H3/t14-,23+;14-,23-/m10/s1. The third-order valence-electron chi connectivity index (χ3n) is 11.5. The summed E-state index contributed by atoms with van der Waals surface area (Å²) in [5.74, 6) is -3.41. The molecule has 72 heavy (non-hydrogen) atoms. The Morgan fingerprint density at radius 3 is 1.33 bits per heavy atom. The van der Waals surface area contributed by atoms with E-state index in [0.29, 0.717) is 34.7 Å². The van der Waals surface area contributed by atoms with Crippen LogP contribution in [0.5, 0.6) is 11.5 Å². The fourth-order valence-electron chi connectivity index (χ4n) is 8.12. The van der Waals surface area contributed by atoms with Gasteiger partial charge < -0.3 is 18.9 Å². The summed E-state index contributed by atoms with van der Waals surface area (Å²) in [5.41, 5.74) is 3.42. The van der Waals surface area contributed by atoms with Gasteiger partial charge in [0, 0.05) is 50.6 Å². The molecule has 0 fully saturated rings. The van der Waals surface area contributed by atoms with Gasteiger partial charge in [-0.2, -0.15) is 20.4 Å². The zero-order chi connectivity index (χ0) is 51.4. The van der Waals surface area contributed by atoms with Gasteiger partial charge in [0.15, 0.2) is 11.6 Å². The molecule has 0 aliphatic heterocycles. The maximum Gasteiger partial charge on any atom is 0.573 e. The van der Waals surface area contributed by atoms with Crippen LogP contribution in [0.4, 0.5) is 35.1 Å². The second-order valence-corrected chi connectivity index (χ2v) is 18.8. The normalized spacial score (nSPS) is 16.9. The van der Waals surface area contributed by atoms with Crippen molar-refractivity contribution in [2.24, 2.45) is 11.8 Å². The molecule has 2 aromatic carbocycles. The van der Waals surface area contributed by atoms with Crippen LogP contribution in [-0.2, 0) is 44.7 Å². The Morgan fingerprint density at radius 2 is 1.00 bits per heavy atom. The van der Waals surface area contributed by atoms with Gasteiger partial charge in [0.25, 0.3) is 0 Å². The Kier molecular flexibility index (Phi) is 18.0. The maximum absolute atomic E-state index is 14.3. The van der Waals surface area contributed by atoms with Gasteiger partial charge in [-0.05, 0) is 122 Å². The van der Waals surface area contributed by atoms with Gasteiger partial charge in [-0.25, -0.2) is 8.78 Å². The van der Waals surface area contributed by atoms with E-state index in [1.807, 2.05) is 24.3 Å². The lowest BCUT2D eigenvalue weighted by Crippen LogP contribution is -2.20. The van der Waals surface area contributed by atoms with Crippen LogP contribution < -0.4 is 9.47 Å². The molecule has 4 heterocycles. The first kappa shape index (κ1) is 53.3. The summed E-state index contributed by atoms with van der Waals surface area (Å²) in [6, 6.07) is 12.5. The summed E-state index contributed by atoms with van der Waals surface area (Å²) >= 11 is 2.56. The molecule has 6 aromatic rings. The monoisotopic (exact) mass is 1040 g/mol. The van der Waals surface area contributed by atoms with Gasteiger partial charge in [-0.15, -0.1) is 69.4 Å². The maximum atomic E-state index is 14.3. The number of aromatic nitrogens is 8. The Morgan fingerprint density at radius 1 is 0.597 bits per heavy atom. The zero-order valence-corrected chi connectivity index (χ0v) is 40.0.